The summed E-state index contributed by atoms with van der Waals surface area (Å²) in [5.74, 6) is 0.174. The Morgan fingerprint density at radius 1 is 1.41 bits per heavy atom. The molecular formula is C12H16BrNO3. The summed E-state index contributed by atoms with van der Waals surface area (Å²) in [4.78, 5) is 11.3. The van der Waals surface area contributed by atoms with Gasteiger partial charge in [-0.15, -0.1) is 0 Å². The second kappa shape index (κ2) is 6.02. The first kappa shape index (κ1) is 14.0. The molecule has 0 amide bonds. The van der Waals surface area contributed by atoms with Crippen LogP contribution in [0, 0.1) is 0 Å². The summed E-state index contributed by atoms with van der Waals surface area (Å²) in [6.07, 6.45) is -0.660. The minimum atomic E-state index is -0.660. The molecule has 1 rings (SSSR count). The highest BCUT2D eigenvalue weighted by atomic mass is 79.9. The number of benzene rings is 1. The van der Waals surface area contributed by atoms with E-state index in [4.69, 9.17) is 10.5 Å². The van der Waals surface area contributed by atoms with E-state index in [1.807, 2.05) is 19.1 Å². The van der Waals surface area contributed by atoms with Gasteiger partial charge in [-0.3, -0.25) is 0 Å². The Bertz CT molecular complexity index is 407. The predicted molar refractivity (Wildman–Crippen MR) is 68.9 cm³/mol. The van der Waals surface area contributed by atoms with Gasteiger partial charge in [0.05, 0.1) is 7.11 Å². The lowest BCUT2D eigenvalue weighted by atomic mass is 10.1. The molecule has 2 unspecified atom stereocenters. The molecule has 0 aliphatic carbocycles. The van der Waals surface area contributed by atoms with Crippen molar-refractivity contribution in [2.75, 3.05) is 7.11 Å². The molecule has 0 heterocycles. The number of rotatable bonds is 4. The fourth-order valence-corrected chi connectivity index (χ4v) is 1.73. The smallest absolute Gasteiger partial charge is 0.346 e. The highest BCUT2D eigenvalue weighted by Gasteiger charge is 2.17. The summed E-state index contributed by atoms with van der Waals surface area (Å²) in [5.41, 5.74) is 6.69. The fraction of sp³-hybridized carbons (Fsp3) is 0.417. The Hall–Kier alpha value is -1.07. The first-order chi connectivity index (χ1) is 7.95. The van der Waals surface area contributed by atoms with Crippen molar-refractivity contribution < 1.29 is 14.3 Å². The molecule has 17 heavy (non-hydrogen) atoms. The van der Waals surface area contributed by atoms with Crippen LogP contribution in [0.3, 0.4) is 0 Å². The average molecular weight is 302 g/mol. The Kier molecular flexibility index (Phi) is 4.96. The molecule has 0 spiro atoms. The Morgan fingerprint density at radius 2 is 2.06 bits per heavy atom. The van der Waals surface area contributed by atoms with Gasteiger partial charge in [-0.25, -0.2) is 4.79 Å². The first-order valence-corrected chi connectivity index (χ1v) is 6.04. The third-order valence-corrected chi connectivity index (χ3v) is 2.80. The van der Waals surface area contributed by atoms with Crippen molar-refractivity contribution >= 4 is 21.9 Å². The number of esters is 1. The number of ether oxygens (including phenoxy) is 2. The molecule has 1 aromatic rings. The molecule has 4 nitrogen and oxygen atoms in total. The second-order valence-electron chi connectivity index (χ2n) is 3.75. The van der Waals surface area contributed by atoms with Crippen molar-refractivity contribution in [3.8, 4) is 5.75 Å². The number of nitrogens with two attached hydrogens (primary N) is 1. The van der Waals surface area contributed by atoms with Gasteiger partial charge in [0.1, 0.15) is 5.75 Å². The van der Waals surface area contributed by atoms with Gasteiger partial charge in [0, 0.05) is 16.1 Å². The van der Waals surface area contributed by atoms with Crippen LogP contribution in [0.1, 0.15) is 25.5 Å². The monoisotopic (exact) mass is 301 g/mol. The van der Waals surface area contributed by atoms with E-state index in [2.05, 4.69) is 20.7 Å². The molecule has 0 bridgehead atoms. The van der Waals surface area contributed by atoms with Crippen LogP contribution in [0.25, 0.3) is 0 Å². The molecule has 0 saturated carbocycles. The van der Waals surface area contributed by atoms with E-state index in [0.717, 1.165) is 10.0 Å². The van der Waals surface area contributed by atoms with Gasteiger partial charge in [-0.05, 0) is 26.0 Å². The molecule has 0 aromatic heterocycles. The quantitative estimate of drug-likeness (QED) is 0.868. The molecule has 0 aliphatic heterocycles. The Balaban J connectivity index is 2.96. The number of methoxy groups -OCH3 is 1. The van der Waals surface area contributed by atoms with Crippen molar-refractivity contribution in [3.63, 3.8) is 0 Å². The zero-order chi connectivity index (χ0) is 13.0. The maximum absolute atomic E-state index is 11.3. The molecule has 0 aliphatic rings. The van der Waals surface area contributed by atoms with E-state index in [9.17, 15) is 4.79 Å². The number of hydrogen-bond acceptors (Lipinski definition) is 4. The van der Waals surface area contributed by atoms with Crippen LogP contribution in [0.2, 0.25) is 0 Å². The highest BCUT2D eigenvalue weighted by molar-refractivity contribution is 9.10. The molecule has 5 heteroatoms. The molecule has 0 saturated heterocycles. The van der Waals surface area contributed by atoms with Crippen molar-refractivity contribution in [1.29, 1.82) is 0 Å². The maximum Gasteiger partial charge on any atom is 0.346 e. The van der Waals surface area contributed by atoms with Crippen molar-refractivity contribution in [1.82, 2.24) is 0 Å². The van der Waals surface area contributed by atoms with E-state index in [0.29, 0.717) is 5.75 Å². The van der Waals surface area contributed by atoms with Gasteiger partial charge < -0.3 is 15.2 Å². The summed E-state index contributed by atoms with van der Waals surface area (Å²) < 4.78 is 11.0. The van der Waals surface area contributed by atoms with Crippen LogP contribution in [0.15, 0.2) is 22.7 Å². The minimum absolute atomic E-state index is 0.164. The van der Waals surface area contributed by atoms with Gasteiger partial charge >= 0.3 is 5.97 Å². The predicted octanol–water partition coefficient (Wildman–Crippen LogP) is 2.41. The molecule has 1 aromatic carbocycles. The second-order valence-corrected chi connectivity index (χ2v) is 4.67. The third-order valence-electron chi connectivity index (χ3n) is 2.30. The average Bonchev–Trinajstić information content (AvgIpc) is 2.27. The van der Waals surface area contributed by atoms with E-state index in [1.54, 1.807) is 13.0 Å². The first-order valence-electron chi connectivity index (χ1n) is 5.25. The molecular weight excluding hydrogens is 286 g/mol. The van der Waals surface area contributed by atoms with Crippen LogP contribution >= 0.6 is 15.9 Å². The summed E-state index contributed by atoms with van der Waals surface area (Å²) >= 11 is 3.35. The van der Waals surface area contributed by atoms with Gasteiger partial charge in [0.15, 0.2) is 6.10 Å². The van der Waals surface area contributed by atoms with Crippen LogP contribution in [0.5, 0.6) is 5.75 Å². The SMILES string of the molecule is COC(=O)C(C)Oc1cc(Br)ccc1C(C)N. The van der Waals surface area contributed by atoms with Gasteiger partial charge in [-0.1, -0.05) is 22.0 Å². The largest absolute Gasteiger partial charge is 0.479 e. The highest BCUT2D eigenvalue weighted by Crippen LogP contribution is 2.28. The van der Waals surface area contributed by atoms with Crippen LogP contribution in [0.4, 0.5) is 0 Å². The minimum Gasteiger partial charge on any atom is -0.479 e. The molecule has 0 fully saturated rings. The molecule has 94 valence electrons. The number of carbonyl (C=O) groups is 1. The van der Waals surface area contributed by atoms with E-state index in [1.165, 1.54) is 7.11 Å². The van der Waals surface area contributed by atoms with Crippen LogP contribution < -0.4 is 10.5 Å². The fourth-order valence-electron chi connectivity index (χ4n) is 1.39. The lowest BCUT2D eigenvalue weighted by Crippen LogP contribution is -2.25. The zero-order valence-electron chi connectivity index (χ0n) is 10.1. The summed E-state index contributed by atoms with van der Waals surface area (Å²) in [5, 5.41) is 0. The standard InChI is InChI=1S/C12H16BrNO3/c1-7(14)10-5-4-9(13)6-11(10)17-8(2)12(15)16-3/h4-8H,14H2,1-3H3. The Morgan fingerprint density at radius 3 is 2.59 bits per heavy atom. The van der Waals surface area contributed by atoms with E-state index in [-0.39, 0.29) is 6.04 Å². The van der Waals surface area contributed by atoms with Crippen molar-refractivity contribution in [2.24, 2.45) is 5.73 Å². The van der Waals surface area contributed by atoms with Gasteiger partial charge in [0.2, 0.25) is 0 Å². The lowest BCUT2D eigenvalue weighted by Gasteiger charge is -2.17. The normalized spacial score (nSPS) is 13.9. The van der Waals surface area contributed by atoms with Gasteiger partial charge in [0.25, 0.3) is 0 Å². The maximum atomic E-state index is 11.3. The van der Waals surface area contributed by atoms with Crippen LogP contribution in [-0.2, 0) is 9.53 Å². The topological polar surface area (TPSA) is 61.5 Å². The summed E-state index contributed by atoms with van der Waals surface area (Å²) in [6, 6.07) is 5.38. The van der Waals surface area contributed by atoms with E-state index >= 15 is 0 Å². The number of hydrogen-bond donors (Lipinski definition) is 1. The van der Waals surface area contributed by atoms with Crippen LogP contribution in [-0.4, -0.2) is 19.2 Å². The molecule has 0 radical (unpaired) electrons. The van der Waals surface area contributed by atoms with E-state index < -0.39 is 12.1 Å². The summed E-state index contributed by atoms with van der Waals surface area (Å²) in [7, 11) is 1.33. The molecule has 2 atom stereocenters. The molecule has 2 N–H and O–H groups in total. The lowest BCUT2D eigenvalue weighted by molar-refractivity contribution is -0.147. The van der Waals surface area contributed by atoms with Crippen molar-refractivity contribution in [2.45, 2.75) is 26.0 Å². The zero-order valence-corrected chi connectivity index (χ0v) is 11.7. The van der Waals surface area contributed by atoms with Gasteiger partial charge in [-0.2, -0.15) is 0 Å². The third kappa shape index (κ3) is 3.71. The summed E-state index contributed by atoms with van der Waals surface area (Å²) in [6.45, 7) is 3.50. The van der Waals surface area contributed by atoms with Crippen molar-refractivity contribution in [3.05, 3.63) is 28.2 Å². The Labute approximate surface area is 109 Å². The number of halogens is 1. The number of carbonyl (C=O) groups excluding carboxylic acids is 1.